The Morgan fingerprint density at radius 2 is 0.500 bits per heavy atom. The standard InChI is InChI=1S/C72H130O6/c1-4-7-10-13-16-19-22-24-26-28-29-30-31-32-33-34-35-36-37-38-39-40-41-42-43-45-46-48-50-53-56-59-62-65-71(74)77-68-69(67-76-70(73)64-61-58-55-52-21-18-15-12-9-6-3)78-72(75)66-63-60-57-54-51-49-47-44-27-25-23-20-17-14-11-8-5-2/h7,10,16,19,24-27,29-30,69H,4-6,8-9,11-15,17-18,20-23,28,31-68H2,1-3H3/b10-7-,19-16-,26-24-,27-25-,30-29-. The maximum Gasteiger partial charge on any atom is 0.306 e. The highest BCUT2D eigenvalue weighted by Crippen LogP contribution is 2.18. The van der Waals surface area contributed by atoms with E-state index in [0.717, 1.165) is 83.5 Å². The largest absolute Gasteiger partial charge is 0.462 e. The molecule has 0 fully saturated rings. The highest BCUT2D eigenvalue weighted by molar-refractivity contribution is 5.71. The van der Waals surface area contributed by atoms with E-state index in [-0.39, 0.29) is 31.1 Å². The highest BCUT2D eigenvalue weighted by atomic mass is 16.6. The Hall–Kier alpha value is -2.89. The van der Waals surface area contributed by atoms with Crippen LogP contribution < -0.4 is 0 Å². The molecule has 6 heteroatoms. The first-order valence-corrected chi connectivity index (χ1v) is 34.3. The van der Waals surface area contributed by atoms with Crippen LogP contribution in [0.3, 0.4) is 0 Å². The SMILES string of the molecule is CC/C=C\C/C=C\C/C=C\C/C=C\CCCCCCCCCCCCCCCCCCCCCCC(=O)OCC(COC(=O)CCCCCCCCCCCC)OC(=O)CCCCCCCCC/C=C\CCCCCCCC. The molecular formula is C72H130O6. The van der Waals surface area contributed by atoms with Gasteiger partial charge in [-0.25, -0.2) is 0 Å². The number of rotatable bonds is 63. The van der Waals surface area contributed by atoms with Crippen molar-refractivity contribution in [1.29, 1.82) is 0 Å². The molecule has 0 heterocycles. The van der Waals surface area contributed by atoms with Crippen molar-refractivity contribution in [2.75, 3.05) is 13.2 Å². The van der Waals surface area contributed by atoms with Gasteiger partial charge in [0, 0.05) is 19.3 Å². The molecule has 1 unspecified atom stereocenters. The summed E-state index contributed by atoms with van der Waals surface area (Å²) in [6, 6.07) is 0. The predicted molar refractivity (Wildman–Crippen MR) is 339 cm³/mol. The summed E-state index contributed by atoms with van der Waals surface area (Å²) in [6.45, 7) is 6.56. The fourth-order valence-corrected chi connectivity index (χ4v) is 10.1. The maximum absolute atomic E-state index is 12.9. The summed E-state index contributed by atoms with van der Waals surface area (Å²) in [5, 5.41) is 0. The lowest BCUT2D eigenvalue weighted by atomic mass is 10.0. The van der Waals surface area contributed by atoms with E-state index < -0.39 is 6.10 Å². The summed E-state index contributed by atoms with van der Waals surface area (Å²) in [6.07, 6.45) is 85.5. The molecule has 6 nitrogen and oxygen atoms in total. The molecule has 454 valence electrons. The van der Waals surface area contributed by atoms with Gasteiger partial charge in [0.15, 0.2) is 6.10 Å². The molecule has 0 aromatic rings. The van der Waals surface area contributed by atoms with Crippen LogP contribution in [0.15, 0.2) is 60.8 Å². The van der Waals surface area contributed by atoms with Crippen LogP contribution in [0.5, 0.6) is 0 Å². The van der Waals surface area contributed by atoms with Crippen molar-refractivity contribution in [3.05, 3.63) is 60.8 Å². The van der Waals surface area contributed by atoms with Gasteiger partial charge in [0.25, 0.3) is 0 Å². The average molecular weight is 1090 g/mol. The van der Waals surface area contributed by atoms with Crippen LogP contribution in [0.4, 0.5) is 0 Å². The van der Waals surface area contributed by atoms with Crippen molar-refractivity contribution >= 4 is 17.9 Å². The predicted octanol–water partition coefficient (Wildman–Crippen LogP) is 23.5. The number of hydrogen-bond donors (Lipinski definition) is 0. The van der Waals surface area contributed by atoms with Crippen LogP contribution in [0, 0.1) is 0 Å². The normalized spacial score (nSPS) is 12.4. The summed E-state index contributed by atoms with van der Waals surface area (Å²) in [5.74, 6) is -0.853. The molecule has 0 rings (SSSR count). The minimum Gasteiger partial charge on any atom is -0.462 e. The van der Waals surface area contributed by atoms with Crippen LogP contribution in [0.2, 0.25) is 0 Å². The Balaban J connectivity index is 4.07. The molecule has 0 saturated carbocycles. The molecule has 0 saturated heterocycles. The fourth-order valence-electron chi connectivity index (χ4n) is 10.1. The fraction of sp³-hybridized carbons (Fsp3) is 0.819. The third kappa shape index (κ3) is 63.9. The number of ether oxygens (including phenoxy) is 3. The van der Waals surface area contributed by atoms with Gasteiger partial charge in [0.2, 0.25) is 0 Å². The van der Waals surface area contributed by atoms with Gasteiger partial charge in [-0.05, 0) is 83.5 Å². The first-order chi connectivity index (χ1) is 38.5. The lowest BCUT2D eigenvalue weighted by Gasteiger charge is -2.18. The molecule has 0 aliphatic carbocycles. The van der Waals surface area contributed by atoms with E-state index >= 15 is 0 Å². The van der Waals surface area contributed by atoms with E-state index in [0.29, 0.717) is 19.3 Å². The van der Waals surface area contributed by atoms with Gasteiger partial charge < -0.3 is 14.2 Å². The second-order valence-electron chi connectivity index (χ2n) is 23.1. The van der Waals surface area contributed by atoms with E-state index in [1.165, 1.54) is 238 Å². The number of esters is 3. The molecule has 78 heavy (non-hydrogen) atoms. The van der Waals surface area contributed by atoms with Gasteiger partial charge in [-0.1, -0.05) is 319 Å². The highest BCUT2D eigenvalue weighted by Gasteiger charge is 2.19. The lowest BCUT2D eigenvalue weighted by molar-refractivity contribution is -0.167. The Morgan fingerprint density at radius 1 is 0.269 bits per heavy atom. The zero-order chi connectivity index (χ0) is 56.4. The number of allylic oxidation sites excluding steroid dienone is 10. The zero-order valence-electron chi connectivity index (χ0n) is 52.2. The molecule has 0 spiro atoms. The second kappa shape index (κ2) is 66.6. The smallest absolute Gasteiger partial charge is 0.306 e. The van der Waals surface area contributed by atoms with Crippen LogP contribution in [-0.4, -0.2) is 37.2 Å². The quantitative estimate of drug-likeness (QED) is 0.0261. The molecule has 0 aliphatic rings. The molecule has 0 amide bonds. The van der Waals surface area contributed by atoms with Gasteiger partial charge in [-0.15, -0.1) is 0 Å². The Kier molecular flexibility index (Phi) is 64.2. The van der Waals surface area contributed by atoms with Crippen LogP contribution >= 0.6 is 0 Å². The summed E-state index contributed by atoms with van der Waals surface area (Å²) in [5.41, 5.74) is 0. The van der Waals surface area contributed by atoms with Crippen molar-refractivity contribution in [1.82, 2.24) is 0 Å². The second-order valence-corrected chi connectivity index (χ2v) is 23.1. The van der Waals surface area contributed by atoms with E-state index in [4.69, 9.17) is 14.2 Å². The summed E-state index contributed by atoms with van der Waals surface area (Å²) < 4.78 is 16.9. The minimum absolute atomic E-state index is 0.0697. The molecular weight excluding hydrogens is 961 g/mol. The summed E-state index contributed by atoms with van der Waals surface area (Å²) in [4.78, 5) is 38.2. The Morgan fingerprint density at radius 3 is 0.795 bits per heavy atom. The van der Waals surface area contributed by atoms with Crippen LogP contribution in [-0.2, 0) is 28.6 Å². The minimum atomic E-state index is -0.772. The number of hydrogen-bond acceptors (Lipinski definition) is 6. The molecule has 1 atom stereocenters. The van der Waals surface area contributed by atoms with Gasteiger partial charge in [0.1, 0.15) is 13.2 Å². The van der Waals surface area contributed by atoms with E-state index in [2.05, 4.69) is 81.5 Å². The van der Waals surface area contributed by atoms with Crippen LogP contribution in [0.25, 0.3) is 0 Å². The van der Waals surface area contributed by atoms with Crippen molar-refractivity contribution in [3.8, 4) is 0 Å². The van der Waals surface area contributed by atoms with E-state index in [9.17, 15) is 14.4 Å². The average Bonchev–Trinajstić information content (AvgIpc) is 3.44. The van der Waals surface area contributed by atoms with Crippen molar-refractivity contribution in [2.24, 2.45) is 0 Å². The summed E-state index contributed by atoms with van der Waals surface area (Å²) >= 11 is 0. The van der Waals surface area contributed by atoms with Gasteiger partial charge in [-0.2, -0.15) is 0 Å². The third-order valence-corrected chi connectivity index (χ3v) is 15.3. The van der Waals surface area contributed by atoms with Gasteiger partial charge in [-0.3, -0.25) is 14.4 Å². The Labute approximate surface area is 485 Å². The molecule has 0 radical (unpaired) electrons. The molecule has 0 aliphatic heterocycles. The van der Waals surface area contributed by atoms with Crippen molar-refractivity contribution in [3.63, 3.8) is 0 Å². The topological polar surface area (TPSA) is 78.9 Å². The van der Waals surface area contributed by atoms with Crippen LogP contribution in [0.1, 0.15) is 361 Å². The lowest BCUT2D eigenvalue weighted by Crippen LogP contribution is -2.30. The van der Waals surface area contributed by atoms with Crippen molar-refractivity contribution < 1.29 is 28.6 Å². The monoisotopic (exact) mass is 1090 g/mol. The molecule has 0 bridgehead atoms. The van der Waals surface area contributed by atoms with Gasteiger partial charge in [0.05, 0.1) is 0 Å². The van der Waals surface area contributed by atoms with Gasteiger partial charge >= 0.3 is 17.9 Å². The Bertz CT molecular complexity index is 1390. The van der Waals surface area contributed by atoms with E-state index in [1.807, 2.05) is 0 Å². The first-order valence-electron chi connectivity index (χ1n) is 34.3. The molecule has 0 aromatic carbocycles. The maximum atomic E-state index is 12.9. The van der Waals surface area contributed by atoms with Crippen molar-refractivity contribution in [2.45, 2.75) is 367 Å². The number of unbranched alkanes of at least 4 members (excludes halogenated alkanes) is 42. The third-order valence-electron chi connectivity index (χ3n) is 15.3. The summed E-state index contributed by atoms with van der Waals surface area (Å²) in [7, 11) is 0. The van der Waals surface area contributed by atoms with E-state index in [1.54, 1.807) is 0 Å². The first kappa shape index (κ1) is 75.1. The molecule has 0 N–H and O–H groups in total. The zero-order valence-corrected chi connectivity index (χ0v) is 52.2. The number of carbonyl (C=O) groups is 3. The molecule has 0 aromatic heterocycles. The number of carbonyl (C=O) groups excluding carboxylic acids is 3.